The fourth-order valence-corrected chi connectivity index (χ4v) is 1.75. The van der Waals surface area contributed by atoms with E-state index in [2.05, 4.69) is 21.0 Å². The molecule has 0 bridgehead atoms. The van der Waals surface area contributed by atoms with E-state index in [1.54, 1.807) is 12.1 Å². The van der Waals surface area contributed by atoms with Crippen LogP contribution in [0.5, 0.6) is 5.75 Å². The minimum Gasteiger partial charge on any atom is -0.507 e. The number of rotatable bonds is 5. The molecule has 1 aromatic heterocycles. The average Bonchev–Trinajstić information content (AvgIpc) is 3.00. The van der Waals surface area contributed by atoms with Gasteiger partial charge in [-0.15, -0.1) is 0 Å². The van der Waals surface area contributed by atoms with Crippen LogP contribution in [0.15, 0.2) is 28.8 Å². The molecule has 0 fully saturated rings. The molecule has 0 unspecified atom stereocenters. The molecule has 122 valence electrons. The third-order valence-corrected chi connectivity index (χ3v) is 3.03. The van der Waals surface area contributed by atoms with Crippen molar-refractivity contribution < 1.29 is 19.2 Å². The highest BCUT2D eigenvalue weighted by atomic mass is 16.5. The van der Waals surface area contributed by atoms with Crippen LogP contribution in [-0.4, -0.2) is 27.1 Å². The highest BCUT2D eigenvalue weighted by molar-refractivity contribution is 5.97. The maximum atomic E-state index is 11.8. The lowest BCUT2D eigenvalue weighted by atomic mass is 10.2. The summed E-state index contributed by atoms with van der Waals surface area (Å²) in [4.78, 5) is 27.7. The number of aryl methyl sites for hydroxylation is 1. The zero-order chi connectivity index (χ0) is 16.8. The van der Waals surface area contributed by atoms with Gasteiger partial charge in [-0.3, -0.25) is 20.4 Å². The summed E-state index contributed by atoms with van der Waals surface area (Å²) in [5.41, 5.74) is 4.58. The number of hydrogen-bond donors (Lipinski definition) is 3. The van der Waals surface area contributed by atoms with Gasteiger partial charge in [0.2, 0.25) is 11.8 Å². The van der Waals surface area contributed by atoms with Gasteiger partial charge in [0.1, 0.15) is 5.75 Å². The molecule has 2 amide bonds. The first-order valence-electron chi connectivity index (χ1n) is 7.17. The van der Waals surface area contributed by atoms with Gasteiger partial charge >= 0.3 is 0 Å². The fraction of sp³-hybridized carbons (Fsp3) is 0.333. The highest BCUT2D eigenvalue weighted by Crippen LogP contribution is 2.14. The van der Waals surface area contributed by atoms with Gasteiger partial charge in [0.05, 0.1) is 5.56 Å². The molecule has 0 saturated carbocycles. The van der Waals surface area contributed by atoms with Crippen molar-refractivity contribution in [1.82, 2.24) is 21.0 Å². The number of nitrogens with zero attached hydrogens (tertiary/aromatic N) is 2. The number of carbonyl (C=O) groups is 2. The Bertz CT molecular complexity index is 696. The molecule has 1 heterocycles. The molecule has 0 spiro atoms. The van der Waals surface area contributed by atoms with Crippen molar-refractivity contribution in [3.63, 3.8) is 0 Å². The number of phenols is 1. The summed E-state index contributed by atoms with van der Waals surface area (Å²) >= 11 is 0. The van der Waals surface area contributed by atoms with Crippen LogP contribution in [0.1, 0.15) is 48.3 Å². The number of amides is 2. The fourth-order valence-electron chi connectivity index (χ4n) is 1.75. The smallest absolute Gasteiger partial charge is 0.273 e. The Kier molecular flexibility index (Phi) is 5.29. The summed E-state index contributed by atoms with van der Waals surface area (Å²) < 4.78 is 5.03. The van der Waals surface area contributed by atoms with Crippen LogP contribution in [0.3, 0.4) is 0 Å². The van der Waals surface area contributed by atoms with Gasteiger partial charge in [-0.1, -0.05) is 31.1 Å². The monoisotopic (exact) mass is 318 g/mol. The molecule has 0 saturated heterocycles. The second-order valence-corrected chi connectivity index (χ2v) is 5.22. The van der Waals surface area contributed by atoms with E-state index in [9.17, 15) is 14.7 Å². The quantitative estimate of drug-likeness (QED) is 0.715. The van der Waals surface area contributed by atoms with E-state index >= 15 is 0 Å². The van der Waals surface area contributed by atoms with Gasteiger partial charge in [-0.25, -0.2) is 0 Å². The summed E-state index contributed by atoms with van der Waals surface area (Å²) in [6.07, 6.45) is 0.360. The molecule has 0 atom stereocenters. The largest absolute Gasteiger partial charge is 0.507 e. The van der Waals surface area contributed by atoms with Crippen LogP contribution in [0.25, 0.3) is 0 Å². The van der Waals surface area contributed by atoms with Gasteiger partial charge < -0.3 is 9.63 Å². The summed E-state index contributed by atoms with van der Waals surface area (Å²) in [7, 11) is 0. The number of hydrogen-bond acceptors (Lipinski definition) is 6. The molecular weight excluding hydrogens is 300 g/mol. The minimum atomic E-state index is -0.601. The van der Waals surface area contributed by atoms with Crippen molar-refractivity contribution in [2.24, 2.45) is 0 Å². The Morgan fingerprint density at radius 2 is 2.00 bits per heavy atom. The van der Waals surface area contributed by atoms with Crippen molar-refractivity contribution in [2.45, 2.75) is 32.6 Å². The third kappa shape index (κ3) is 4.53. The molecule has 2 aromatic rings. The summed E-state index contributed by atoms with van der Waals surface area (Å²) in [5, 5.41) is 13.3. The van der Waals surface area contributed by atoms with Crippen LogP contribution in [0.4, 0.5) is 0 Å². The maximum absolute atomic E-state index is 11.8. The number of para-hydroxylation sites is 1. The molecule has 2 rings (SSSR count). The Morgan fingerprint density at radius 1 is 1.26 bits per heavy atom. The number of aromatic nitrogens is 2. The second kappa shape index (κ2) is 7.39. The number of nitrogens with one attached hydrogen (secondary N) is 2. The minimum absolute atomic E-state index is 0.0753. The summed E-state index contributed by atoms with van der Waals surface area (Å²) in [5.74, 6) is -0.0518. The van der Waals surface area contributed by atoms with Gasteiger partial charge in [-0.2, -0.15) is 4.98 Å². The number of aromatic hydroxyl groups is 1. The molecule has 0 radical (unpaired) electrons. The molecular formula is C15H18N4O4. The zero-order valence-electron chi connectivity index (χ0n) is 12.9. The molecule has 1 aromatic carbocycles. The first kappa shape index (κ1) is 16.5. The molecule has 23 heavy (non-hydrogen) atoms. The van der Waals surface area contributed by atoms with E-state index in [1.807, 2.05) is 13.8 Å². The van der Waals surface area contributed by atoms with E-state index in [0.29, 0.717) is 11.7 Å². The SMILES string of the molecule is CC(C)c1noc(CCC(=O)NNC(=O)c2ccccc2O)n1. The topological polar surface area (TPSA) is 117 Å². The zero-order valence-corrected chi connectivity index (χ0v) is 12.9. The Hall–Kier alpha value is -2.90. The average molecular weight is 318 g/mol. The second-order valence-electron chi connectivity index (χ2n) is 5.22. The van der Waals surface area contributed by atoms with E-state index < -0.39 is 11.8 Å². The molecule has 0 aliphatic carbocycles. The van der Waals surface area contributed by atoms with E-state index in [0.717, 1.165) is 0 Å². The van der Waals surface area contributed by atoms with Crippen LogP contribution < -0.4 is 10.9 Å². The van der Waals surface area contributed by atoms with Crippen molar-refractivity contribution in [3.8, 4) is 5.75 Å². The molecule has 8 nitrogen and oxygen atoms in total. The number of benzene rings is 1. The van der Waals surface area contributed by atoms with Crippen molar-refractivity contribution in [2.75, 3.05) is 0 Å². The molecule has 0 aliphatic heterocycles. The maximum Gasteiger partial charge on any atom is 0.273 e. The Morgan fingerprint density at radius 3 is 2.65 bits per heavy atom. The number of phenolic OH excluding ortho intramolecular Hbond substituents is 1. The number of carbonyl (C=O) groups excluding carboxylic acids is 2. The van der Waals surface area contributed by atoms with E-state index in [4.69, 9.17) is 4.52 Å². The first-order chi connectivity index (χ1) is 11.0. The number of hydrazine groups is 1. The van der Waals surface area contributed by atoms with Crippen molar-refractivity contribution >= 4 is 11.8 Å². The normalized spacial score (nSPS) is 10.6. The van der Waals surface area contributed by atoms with Crippen LogP contribution in [0.2, 0.25) is 0 Å². The summed E-state index contributed by atoms with van der Waals surface area (Å²) in [6.45, 7) is 3.88. The molecule has 0 aliphatic rings. The van der Waals surface area contributed by atoms with E-state index in [1.165, 1.54) is 12.1 Å². The van der Waals surface area contributed by atoms with Gasteiger partial charge in [0.25, 0.3) is 5.91 Å². The van der Waals surface area contributed by atoms with Crippen molar-refractivity contribution in [3.05, 3.63) is 41.5 Å². The summed E-state index contributed by atoms with van der Waals surface area (Å²) in [6, 6.07) is 6.04. The van der Waals surface area contributed by atoms with Crippen molar-refractivity contribution in [1.29, 1.82) is 0 Å². The standard InChI is InChI=1S/C15H18N4O4/c1-9(2)14-16-13(23-19-14)8-7-12(21)17-18-15(22)10-5-3-4-6-11(10)20/h3-6,9,20H,7-8H2,1-2H3,(H,17,21)(H,18,22). The predicted molar refractivity (Wildman–Crippen MR) is 80.4 cm³/mol. The van der Waals surface area contributed by atoms with E-state index in [-0.39, 0.29) is 30.1 Å². The molecule has 3 N–H and O–H groups in total. The van der Waals surface area contributed by atoms with Gasteiger partial charge in [0, 0.05) is 18.8 Å². The Balaban J connectivity index is 1.79. The molecule has 8 heteroatoms. The third-order valence-electron chi connectivity index (χ3n) is 3.03. The first-order valence-corrected chi connectivity index (χ1v) is 7.17. The van der Waals surface area contributed by atoms with Crippen LogP contribution in [-0.2, 0) is 11.2 Å². The lowest BCUT2D eigenvalue weighted by Crippen LogP contribution is -2.41. The highest BCUT2D eigenvalue weighted by Gasteiger charge is 2.13. The predicted octanol–water partition coefficient (Wildman–Crippen LogP) is 1.29. The lowest BCUT2D eigenvalue weighted by Gasteiger charge is -2.07. The van der Waals surface area contributed by atoms with Crippen LogP contribution in [0, 0.1) is 0 Å². The Labute approximate surface area is 132 Å². The lowest BCUT2D eigenvalue weighted by molar-refractivity contribution is -0.121. The van der Waals surface area contributed by atoms with Gasteiger partial charge in [0.15, 0.2) is 5.82 Å². The van der Waals surface area contributed by atoms with Gasteiger partial charge in [-0.05, 0) is 12.1 Å². The van der Waals surface area contributed by atoms with Crippen LogP contribution >= 0.6 is 0 Å².